The van der Waals surface area contributed by atoms with Crippen LogP contribution >= 0.6 is 22.6 Å². The summed E-state index contributed by atoms with van der Waals surface area (Å²) >= 11 is 2.22. The normalized spacial score (nSPS) is 21.6. The Kier molecular flexibility index (Phi) is 8.84. The van der Waals surface area contributed by atoms with E-state index in [-0.39, 0.29) is 30.0 Å². The number of hydrogen-bond acceptors (Lipinski definition) is 5. The predicted octanol–water partition coefficient (Wildman–Crippen LogP) is 4.96. The van der Waals surface area contributed by atoms with Gasteiger partial charge in [0.25, 0.3) is 5.91 Å². The van der Waals surface area contributed by atoms with Crippen molar-refractivity contribution in [3.63, 3.8) is 0 Å². The number of ether oxygens (including phenoxy) is 2. The molecule has 0 bridgehead atoms. The van der Waals surface area contributed by atoms with Gasteiger partial charge < -0.3 is 24.6 Å². The van der Waals surface area contributed by atoms with Crippen LogP contribution in [-0.4, -0.2) is 66.5 Å². The van der Waals surface area contributed by atoms with Gasteiger partial charge in [-0.1, -0.05) is 6.92 Å². The fourth-order valence-electron chi connectivity index (χ4n) is 5.67. The van der Waals surface area contributed by atoms with Crippen molar-refractivity contribution in [1.29, 1.82) is 0 Å². The van der Waals surface area contributed by atoms with Crippen molar-refractivity contribution in [3.05, 3.63) is 56.9 Å². The van der Waals surface area contributed by atoms with E-state index in [9.17, 15) is 9.59 Å². The molecule has 0 saturated carbocycles. The van der Waals surface area contributed by atoms with Crippen LogP contribution in [0.25, 0.3) is 0 Å². The fourth-order valence-corrected chi connectivity index (χ4v) is 6.03. The number of hydrogen-bond donors (Lipinski definition) is 1. The lowest BCUT2D eigenvalue weighted by Gasteiger charge is -2.39. The number of nitrogens with one attached hydrogen (secondary N) is 1. The minimum atomic E-state index is -0.605. The SMILES string of the molecule is CC1CC(=O)N(Cc2cc(F)c(C(=O)NC3CCN(C4CCOCC4)CC3)cc2Oc2ccc(I)cc2)C1. The number of carbonyl (C=O) groups is 2. The molecule has 0 aromatic heterocycles. The molecule has 7 nitrogen and oxygen atoms in total. The summed E-state index contributed by atoms with van der Waals surface area (Å²) in [6.07, 6.45) is 4.28. The first-order valence-corrected chi connectivity index (χ1v) is 14.6. The lowest BCUT2D eigenvalue weighted by atomic mass is 9.99. The number of likely N-dealkylation sites (tertiary alicyclic amines) is 2. The minimum absolute atomic E-state index is 0.00180. The Bertz CT molecular complexity index is 1150. The second-order valence-corrected chi connectivity index (χ2v) is 12.0. The second kappa shape index (κ2) is 12.3. The molecule has 3 heterocycles. The smallest absolute Gasteiger partial charge is 0.254 e. The topological polar surface area (TPSA) is 71.1 Å². The first kappa shape index (κ1) is 27.3. The molecular formula is C29H35FIN3O4. The molecule has 2 aromatic carbocycles. The van der Waals surface area contributed by atoms with Gasteiger partial charge in [-0.05, 0) is 90.6 Å². The third-order valence-corrected chi connectivity index (χ3v) is 8.50. The monoisotopic (exact) mass is 635 g/mol. The minimum Gasteiger partial charge on any atom is -0.457 e. The highest BCUT2D eigenvalue weighted by atomic mass is 127. The van der Waals surface area contributed by atoms with E-state index in [1.807, 2.05) is 31.2 Å². The Morgan fingerprint density at radius 3 is 2.50 bits per heavy atom. The number of halogens is 2. The Morgan fingerprint density at radius 2 is 1.84 bits per heavy atom. The molecular weight excluding hydrogens is 600 g/mol. The first-order chi connectivity index (χ1) is 18.4. The van der Waals surface area contributed by atoms with Crippen LogP contribution < -0.4 is 10.1 Å². The molecule has 3 fully saturated rings. The highest BCUT2D eigenvalue weighted by Crippen LogP contribution is 2.32. The summed E-state index contributed by atoms with van der Waals surface area (Å²) in [5.74, 6) is 0.247. The zero-order valence-corrected chi connectivity index (χ0v) is 23.9. The van der Waals surface area contributed by atoms with Crippen molar-refractivity contribution in [1.82, 2.24) is 15.1 Å². The fraction of sp³-hybridized carbons (Fsp3) is 0.517. The van der Waals surface area contributed by atoms with Crippen LogP contribution in [0.1, 0.15) is 54.9 Å². The molecule has 0 radical (unpaired) electrons. The number of nitrogens with zero attached hydrogens (tertiary/aromatic N) is 2. The Hall–Kier alpha value is -2.24. The molecule has 3 aliphatic heterocycles. The number of amides is 2. The molecule has 1 N–H and O–H groups in total. The molecule has 204 valence electrons. The quantitative estimate of drug-likeness (QED) is 0.436. The molecule has 38 heavy (non-hydrogen) atoms. The summed E-state index contributed by atoms with van der Waals surface area (Å²) in [6, 6.07) is 10.9. The molecule has 1 unspecified atom stereocenters. The molecule has 3 saturated heterocycles. The summed E-state index contributed by atoms with van der Waals surface area (Å²) in [5.41, 5.74) is 0.507. The average molecular weight is 636 g/mol. The first-order valence-electron chi connectivity index (χ1n) is 13.5. The maximum absolute atomic E-state index is 15.3. The molecule has 0 aliphatic carbocycles. The summed E-state index contributed by atoms with van der Waals surface area (Å²) in [6.45, 7) is 6.36. The lowest BCUT2D eigenvalue weighted by molar-refractivity contribution is -0.128. The summed E-state index contributed by atoms with van der Waals surface area (Å²) in [4.78, 5) is 29.9. The van der Waals surface area contributed by atoms with Gasteiger partial charge in [0.05, 0.1) is 5.56 Å². The van der Waals surface area contributed by atoms with Gasteiger partial charge in [-0.2, -0.15) is 0 Å². The van der Waals surface area contributed by atoms with Gasteiger partial charge in [0.1, 0.15) is 17.3 Å². The van der Waals surface area contributed by atoms with E-state index in [1.165, 1.54) is 12.1 Å². The van der Waals surface area contributed by atoms with E-state index in [4.69, 9.17) is 9.47 Å². The van der Waals surface area contributed by atoms with Crippen molar-refractivity contribution in [3.8, 4) is 11.5 Å². The molecule has 0 spiro atoms. The van der Waals surface area contributed by atoms with Crippen molar-refractivity contribution in [2.45, 2.75) is 57.7 Å². The van der Waals surface area contributed by atoms with Crippen LogP contribution in [0.15, 0.2) is 36.4 Å². The van der Waals surface area contributed by atoms with Crippen molar-refractivity contribution < 1.29 is 23.5 Å². The van der Waals surface area contributed by atoms with E-state index >= 15 is 4.39 Å². The number of rotatable bonds is 7. The van der Waals surface area contributed by atoms with Crippen LogP contribution in [0.4, 0.5) is 4.39 Å². The molecule has 3 aliphatic rings. The van der Waals surface area contributed by atoms with E-state index < -0.39 is 11.7 Å². The van der Waals surface area contributed by atoms with Gasteiger partial charge in [0, 0.05) is 67.0 Å². The van der Waals surface area contributed by atoms with Gasteiger partial charge in [0.15, 0.2) is 0 Å². The maximum atomic E-state index is 15.3. The van der Waals surface area contributed by atoms with Crippen LogP contribution in [0, 0.1) is 15.3 Å². The van der Waals surface area contributed by atoms with Crippen molar-refractivity contribution in [2.75, 3.05) is 32.8 Å². The highest BCUT2D eigenvalue weighted by molar-refractivity contribution is 14.1. The van der Waals surface area contributed by atoms with Gasteiger partial charge in [0.2, 0.25) is 5.91 Å². The van der Waals surface area contributed by atoms with Gasteiger partial charge in [-0.15, -0.1) is 0 Å². The van der Waals surface area contributed by atoms with Crippen LogP contribution in [-0.2, 0) is 16.1 Å². The van der Waals surface area contributed by atoms with Crippen LogP contribution in [0.2, 0.25) is 0 Å². The zero-order valence-electron chi connectivity index (χ0n) is 21.8. The van der Waals surface area contributed by atoms with Crippen LogP contribution in [0.5, 0.6) is 11.5 Å². The number of benzene rings is 2. The van der Waals surface area contributed by atoms with Crippen LogP contribution in [0.3, 0.4) is 0 Å². The van der Waals surface area contributed by atoms with Crippen molar-refractivity contribution in [2.24, 2.45) is 5.92 Å². The Balaban J connectivity index is 1.30. The summed E-state index contributed by atoms with van der Waals surface area (Å²) in [7, 11) is 0. The van der Waals surface area contributed by atoms with Crippen molar-refractivity contribution >= 4 is 34.4 Å². The lowest BCUT2D eigenvalue weighted by Crippen LogP contribution is -2.49. The van der Waals surface area contributed by atoms with E-state index in [0.717, 1.165) is 55.6 Å². The third-order valence-electron chi connectivity index (χ3n) is 7.78. The molecule has 1 atom stereocenters. The third kappa shape index (κ3) is 6.66. The van der Waals surface area contributed by atoms with E-state index in [1.54, 1.807) is 4.90 Å². The molecule has 2 aromatic rings. The van der Waals surface area contributed by atoms with Gasteiger partial charge >= 0.3 is 0 Å². The summed E-state index contributed by atoms with van der Waals surface area (Å²) < 4.78 is 28.0. The van der Waals surface area contributed by atoms with Gasteiger partial charge in [-0.25, -0.2) is 4.39 Å². The summed E-state index contributed by atoms with van der Waals surface area (Å²) in [5, 5.41) is 3.05. The predicted molar refractivity (Wildman–Crippen MR) is 151 cm³/mol. The Morgan fingerprint density at radius 1 is 1.13 bits per heavy atom. The van der Waals surface area contributed by atoms with Gasteiger partial charge in [-0.3, -0.25) is 9.59 Å². The van der Waals surface area contributed by atoms with E-state index in [2.05, 4.69) is 32.8 Å². The second-order valence-electron chi connectivity index (χ2n) is 10.7. The standard InChI is InChI=1S/C29H35FIN3O4/c1-19-14-28(35)34(17-19)18-20-15-26(30)25(16-27(20)38-24-4-2-21(31)3-5-24)29(36)32-22-6-10-33(11-7-22)23-8-12-37-13-9-23/h2-5,15-16,19,22-23H,6-14,17-18H2,1H3,(H,32,36). The van der Waals surface area contributed by atoms with E-state index in [0.29, 0.717) is 36.1 Å². The Labute approximate surface area is 237 Å². The largest absolute Gasteiger partial charge is 0.457 e. The molecule has 9 heteroatoms. The maximum Gasteiger partial charge on any atom is 0.254 e. The number of piperidine rings is 1. The molecule has 2 amide bonds. The average Bonchev–Trinajstić information content (AvgIpc) is 3.23. The highest BCUT2D eigenvalue weighted by Gasteiger charge is 2.30. The number of carbonyl (C=O) groups excluding carboxylic acids is 2. The molecule has 5 rings (SSSR count). The zero-order chi connectivity index (χ0) is 26.6.